The van der Waals surface area contributed by atoms with Gasteiger partial charge < -0.3 is 4.74 Å². The van der Waals surface area contributed by atoms with Gasteiger partial charge in [-0.25, -0.2) is 23.6 Å². The van der Waals surface area contributed by atoms with Crippen LogP contribution in [-0.2, 0) is 14.3 Å². The number of hydrogen-bond acceptors (Lipinski definition) is 6. The second-order valence-electron chi connectivity index (χ2n) is 7.14. The number of nitrogens with zero attached hydrogens (tertiary/aromatic N) is 3. The van der Waals surface area contributed by atoms with Crippen LogP contribution in [0.4, 0.5) is 19.6 Å². The van der Waals surface area contributed by atoms with E-state index in [2.05, 4.69) is 9.98 Å². The lowest BCUT2D eigenvalue weighted by Gasteiger charge is -2.19. The van der Waals surface area contributed by atoms with Crippen LogP contribution >= 0.6 is 11.3 Å². The van der Waals surface area contributed by atoms with E-state index in [0.29, 0.717) is 22.6 Å². The summed E-state index contributed by atoms with van der Waals surface area (Å²) in [5.41, 5.74) is 3.00. The number of halogens is 2. The van der Waals surface area contributed by atoms with E-state index in [1.165, 1.54) is 29.2 Å². The van der Waals surface area contributed by atoms with Crippen LogP contribution in [0.3, 0.4) is 0 Å². The number of anilines is 2. The van der Waals surface area contributed by atoms with Gasteiger partial charge in [0.25, 0.3) is 0 Å². The monoisotopic (exact) mass is 453 g/mol. The summed E-state index contributed by atoms with van der Waals surface area (Å²) in [6.07, 6.45) is 1.38. The highest BCUT2D eigenvalue weighted by Crippen LogP contribution is 2.31. The molecule has 0 saturated carbocycles. The fraction of sp³-hybridized carbons (Fsp3) is 0.130. The molecule has 32 heavy (non-hydrogen) atoms. The molecule has 2 aromatic carbocycles. The van der Waals surface area contributed by atoms with E-state index in [1.807, 2.05) is 32.0 Å². The molecule has 4 rings (SSSR count). The highest BCUT2D eigenvalue weighted by molar-refractivity contribution is 7.14. The zero-order valence-corrected chi connectivity index (χ0v) is 18.2. The molecule has 0 fully saturated rings. The Balaban J connectivity index is 1.65. The molecule has 0 unspecified atom stereocenters. The molecule has 1 aromatic heterocycles. The van der Waals surface area contributed by atoms with Crippen molar-refractivity contribution < 1.29 is 23.1 Å². The third-order valence-corrected chi connectivity index (χ3v) is 5.68. The number of aromatic nitrogens is 1. The molecular formula is C23H17F2N3O3S. The Labute approximate surface area is 186 Å². The lowest BCUT2D eigenvalue weighted by molar-refractivity contribution is -0.130. The van der Waals surface area contributed by atoms with Crippen LogP contribution < -0.4 is 4.90 Å². The maximum Gasteiger partial charge on any atom is 0.363 e. The second kappa shape index (κ2) is 8.43. The van der Waals surface area contributed by atoms with Crippen molar-refractivity contribution in [3.05, 3.63) is 81.5 Å². The minimum absolute atomic E-state index is 0.0823. The maximum atomic E-state index is 14.0. The van der Waals surface area contributed by atoms with Gasteiger partial charge in [0.1, 0.15) is 11.6 Å². The van der Waals surface area contributed by atoms with Crippen LogP contribution in [0.15, 0.2) is 52.5 Å². The van der Waals surface area contributed by atoms with Crippen molar-refractivity contribution in [3.63, 3.8) is 0 Å². The number of carbonyl (C=O) groups excluding carboxylic acids is 2. The van der Waals surface area contributed by atoms with Gasteiger partial charge in [0.15, 0.2) is 10.8 Å². The predicted octanol–water partition coefficient (Wildman–Crippen LogP) is 5.07. The van der Waals surface area contributed by atoms with E-state index in [-0.39, 0.29) is 23.1 Å². The SMILES string of the molecule is CC(=O)N(c1ccc(C)c(C)c1)c1nc(C=C2N=C(c3ccc(F)cc3F)OC2=O)cs1. The number of hydrogen-bond donors (Lipinski definition) is 0. The molecule has 1 amide bonds. The molecule has 6 nitrogen and oxygen atoms in total. The van der Waals surface area contributed by atoms with Gasteiger partial charge in [0.2, 0.25) is 11.8 Å². The second-order valence-corrected chi connectivity index (χ2v) is 7.97. The van der Waals surface area contributed by atoms with Gasteiger partial charge in [-0.15, -0.1) is 11.3 Å². The van der Waals surface area contributed by atoms with Crippen molar-refractivity contribution in [1.29, 1.82) is 0 Å². The van der Waals surface area contributed by atoms with E-state index in [9.17, 15) is 18.4 Å². The lowest BCUT2D eigenvalue weighted by Crippen LogP contribution is -2.22. The summed E-state index contributed by atoms with van der Waals surface area (Å²) in [7, 11) is 0. The Hall–Kier alpha value is -3.72. The van der Waals surface area contributed by atoms with Crippen LogP contribution in [0.25, 0.3) is 6.08 Å². The Morgan fingerprint density at radius 2 is 1.91 bits per heavy atom. The zero-order valence-electron chi connectivity index (χ0n) is 17.3. The number of amides is 1. The maximum absolute atomic E-state index is 14.0. The predicted molar refractivity (Wildman–Crippen MR) is 118 cm³/mol. The molecule has 3 aromatic rings. The first-order valence-corrected chi connectivity index (χ1v) is 10.4. The summed E-state index contributed by atoms with van der Waals surface area (Å²) in [6.45, 7) is 5.38. The highest BCUT2D eigenvalue weighted by atomic mass is 32.1. The Morgan fingerprint density at radius 1 is 1.12 bits per heavy atom. The van der Waals surface area contributed by atoms with Crippen molar-refractivity contribution >= 4 is 46.0 Å². The number of esters is 1. The van der Waals surface area contributed by atoms with Gasteiger partial charge in [-0.3, -0.25) is 9.69 Å². The lowest BCUT2D eigenvalue weighted by atomic mass is 10.1. The molecule has 0 saturated heterocycles. The fourth-order valence-corrected chi connectivity index (χ4v) is 3.91. The normalized spacial score (nSPS) is 14.5. The largest absolute Gasteiger partial charge is 0.402 e. The molecule has 162 valence electrons. The summed E-state index contributed by atoms with van der Waals surface area (Å²) >= 11 is 1.22. The van der Waals surface area contributed by atoms with Gasteiger partial charge in [-0.2, -0.15) is 0 Å². The smallest absolute Gasteiger partial charge is 0.363 e. The molecule has 1 aliphatic heterocycles. The van der Waals surface area contributed by atoms with E-state index in [1.54, 1.807) is 5.38 Å². The van der Waals surface area contributed by atoms with E-state index >= 15 is 0 Å². The van der Waals surface area contributed by atoms with Crippen LogP contribution in [0.2, 0.25) is 0 Å². The molecular weight excluding hydrogens is 436 g/mol. The number of ether oxygens (including phenoxy) is 1. The number of carbonyl (C=O) groups is 2. The minimum atomic E-state index is -0.890. The molecule has 0 bridgehead atoms. The minimum Gasteiger partial charge on any atom is -0.402 e. The topological polar surface area (TPSA) is 71.9 Å². The summed E-state index contributed by atoms with van der Waals surface area (Å²) in [5.74, 6) is -2.89. The van der Waals surface area contributed by atoms with Gasteiger partial charge in [0, 0.05) is 18.4 Å². The van der Waals surface area contributed by atoms with Crippen LogP contribution in [0.5, 0.6) is 0 Å². The molecule has 0 N–H and O–H groups in total. The van der Waals surface area contributed by atoms with Crippen molar-refractivity contribution in [2.45, 2.75) is 20.8 Å². The fourth-order valence-electron chi connectivity index (χ4n) is 3.06. The molecule has 0 aliphatic carbocycles. The van der Waals surface area contributed by atoms with Crippen LogP contribution in [-0.4, -0.2) is 22.8 Å². The van der Waals surface area contributed by atoms with Crippen molar-refractivity contribution in [2.75, 3.05) is 4.90 Å². The summed E-state index contributed by atoms with van der Waals surface area (Å²) in [4.78, 5) is 34.4. The Morgan fingerprint density at radius 3 is 2.59 bits per heavy atom. The third-order valence-electron chi connectivity index (χ3n) is 4.83. The number of benzene rings is 2. The number of aryl methyl sites for hydroxylation is 2. The number of aliphatic imine (C=N–C) groups is 1. The van der Waals surface area contributed by atoms with Crippen LogP contribution in [0, 0.1) is 25.5 Å². The number of rotatable bonds is 4. The van der Waals surface area contributed by atoms with E-state index in [4.69, 9.17) is 4.74 Å². The molecule has 0 radical (unpaired) electrons. The molecule has 0 spiro atoms. The first-order chi connectivity index (χ1) is 15.2. The Bertz CT molecular complexity index is 1310. The van der Waals surface area contributed by atoms with E-state index in [0.717, 1.165) is 23.3 Å². The summed E-state index contributed by atoms with van der Waals surface area (Å²) < 4.78 is 32.1. The van der Waals surface area contributed by atoms with E-state index < -0.39 is 17.6 Å². The van der Waals surface area contributed by atoms with Crippen molar-refractivity contribution in [3.8, 4) is 0 Å². The Kier molecular flexibility index (Phi) is 5.67. The molecule has 1 aliphatic rings. The highest BCUT2D eigenvalue weighted by Gasteiger charge is 2.27. The van der Waals surface area contributed by atoms with Crippen molar-refractivity contribution in [1.82, 2.24) is 4.98 Å². The number of cyclic esters (lactones) is 1. The van der Waals surface area contributed by atoms with Gasteiger partial charge in [-0.1, -0.05) is 6.07 Å². The first-order valence-electron chi connectivity index (χ1n) is 9.54. The van der Waals surface area contributed by atoms with Gasteiger partial charge in [-0.05, 0) is 55.3 Å². The standard InChI is InChI=1S/C23H17F2N3O3S/c1-12-4-6-17(8-13(12)2)28(14(3)29)23-26-16(11-32-23)10-20-22(30)31-21(27-20)18-7-5-15(24)9-19(18)25/h4-11H,1-3H3. The summed E-state index contributed by atoms with van der Waals surface area (Å²) in [6, 6.07) is 8.55. The number of thiazole rings is 1. The van der Waals surface area contributed by atoms with Gasteiger partial charge >= 0.3 is 5.97 Å². The average Bonchev–Trinajstić information content (AvgIpc) is 3.32. The molecule has 9 heteroatoms. The molecule has 2 heterocycles. The van der Waals surface area contributed by atoms with Crippen molar-refractivity contribution in [2.24, 2.45) is 4.99 Å². The quantitative estimate of drug-likeness (QED) is 0.409. The summed E-state index contributed by atoms with van der Waals surface area (Å²) in [5, 5.41) is 2.09. The zero-order chi connectivity index (χ0) is 23.0. The van der Waals surface area contributed by atoms with Gasteiger partial charge in [0.05, 0.1) is 16.9 Å². The third kappa shape index (κ3) is 4.19. The molecule has 0 atom stereocenters. The first kappa shape index (κ1) is 21.5. The van der Waals surface area contributed by atoms with Crippen LogP contribution in [0.1, 0.15) is 29.3 Å². The average molecular weight is 453 g/mol.